The first-order chi connectivity index (χ1) is 15.3. The number of carbonyl (C=O) groups is 1. The van der Waals surface area contributed by atoms with Gasteiger partial charge in [0.15, 0.2) is 5.96 Å². The predicted octanol–water partition coefficient (Wildman–Crippen LogP) is 2.67. The molecule has 0 saturated carbocycles. The van der Waals surface area contributed by atoms with Crippen molar-refractivity contribution in [3.8, 4) is 0 Å². The zero-order chi connectivity index (χ0) is 23.4. The number of guanidine groups is 1. The van der Waals surface area contributed by atoms with Crippen molar-refractivity contribution in [1.82, 2.24) is 20.9 Å². The zero-order valence-electron chi connectivity index (χ0n) is 20.2. The van der Waals surface area contributed by atoms with Crippen LogP contribution in [0.3, 0.4) is 0 Å². The monoisotopic (exact) mass is 448 g/mol. The summed E-state index contributed by atoms with van der Waals surface area (Å²) in [4.78, 5) is 23.3. The standard InChI is InChI=1S/C23H40N6O3/c1-6-7-10-19(17-27-22(30)32-23(2,3)4)28-21(24-5)26-16-18-9-8-11-25-20(18)29-12-14-31-15-13-29/h8-9,11,19H,6-7,10,12-17H2,1-5H3,(H,27,30)(H2,24,26,28). The van der Waals surface area contributed by atoms with Crippen LogP contribution in [-0.2, 0) is 16.0 Å². The Balaban J connectivity index is 1.94. The number of aliphatic imine (C=N–C) groups is 1. The van der Waals surface area contributed by atoms with Crippen LogP contribution in [-0.4, -0.2) is 68.6 Å². The second kappa shape index (κ2) is 13.1. The first kappa shape index (κ1) is 25.7. The SMILES string of the molecule is CCCCC(CNC(=O)OC(C)(C)C)NC(=NC)NCc1cccnc1N1CCOCC1. The molecule has 9 heteroatoms. The number of anilines is 1. The highest BCUT2D eigenvalue weighted by atomic mass is 16.6. The molecule has 0 spiro atoms. The molecule has 1 aromatic heterocycles. The molecule has 1 fully saturated rings. The van der Waals surface area contributed by atoms with Gasteiger partial charge in [0.05, 0.1) is 13.2 Å². The molecular formula is C23H40N6O3. The molecule has 32 heavy (non-hydrogen) atoms. The molecule has 0 aromatic carbocycles. The first-order valence-corrected chi connectivity index (χ1v) is 11.5. The number of unbranched alkanes of at least 4 members (excludes halogenated alkanes) is 1. The summed E-state index contributed by atoms with van der Waals surface area (Å²) in [5, 5.41) is 9.70. The van der Waals surface area contributed by atoms with Gasteiger partial charge in [-0.2, -0.15) is 0 Å². The summed E-state index contributed by atoms with van der Waals surface area (Å²) >= 11 is 0. The number of nitrogens with one attached hydrogen (secondary N) is 3. The van der Waals surface area contributed by atoms with Crippen molar-refractivity contribution in [3.05, 3.63) is 23.9 Å². The number of nitrogens with zero attached hydrogens (tertiary/aromatic N) is 3. The number of rotatable bonds is 9. The summed E-state index contributed by atoms with van der Waals surface area (Å²) in [5.74, 6) is 1.67. The lowest BCUT2D eigenvalue weighted by molar-refractivity contribution is 0.0522. The number of aromatic nitrogens is 1. The summed E-state index contributed by atoms with van der Waals surface area (Å²) in [6, 6.07) is 4.07. The fourth-order valence-corrected chi connectivity index (χ4v) is 3.39. The highest BCUT2D eigenvalue weighted by Gasteiger charge is 2.19. The lowest BCUT2D eigenvalue weighted by atomic mass is 10.1. The summed E-state index contributed by atoms with van der Waals surface area (Å²) in [6.07, 6.45) is 4.46. The van der Waals surface area contributed by atoms with Gasteiger partial charge in [-0.1, -0.05) is 25.8 Å². The number of alkyl carbamates (subject to hydrolysis) is 1. The van der Waals surface area contributed by atoms with Crippen molar-refractivity contribution in [2.45, 2.75) is 65.1 Å². The molecule has 2 heterocycles. The Hall–Kier alpha value is -2.55. The van der Waals surface area contributed by atoms with Gasteiger partial charge in [-0.05, 0) is 33.3 Å². The summed E-state index contributed by atoms with van der Waals surface area (Å²) in [7, 11) is 1.75. The van der Waals surface area contributed by atoms with Crippen LogP contribution in [0.15, 0.2) is 23.3 Å². The lowest BCUT2D eigenvalue weighted by Gasteiger charge is -2.29. The van der Waals surface area contributed by atoms with Crippen LogP contribution in [0.2, 0.25) is 0 Å². The minimum atomic E-state index is -0.518. The third kappa shape index (κ3) is 9.30. The van der Waals surface area contributed by atoms with Crippen LogP contribution in [0, 0.1) is 0 Å². The minimum Gasteiger partial charge on any atom is -0.444 e. The number of carbonyl (C=O) groups excluding carboxylic acids is 1. The Kier molecular flexibility index (Phi) is 10.5. The van der Waals surface area contributed by atoms with Crippen molar-refractivity contribution < 1.29 is 14.3 Å². The molecule has 1 amide bonds. The Morgan fingerprint density at radius 1 is 1.31 bits per heavy atom. The lowest BCUT2D eigenvalue weighted by Crippen LogP contribution is -2.49. The second-order valence-corrected chi connectivity index (χ2v) is 8.88. The molecule has 1 atom stereocenters. The maximum atomic E-state index is 12.1. The number of amides is 1. The van der Waals surface area contributed by atoms with E-state index in [0.717, 1.165) is 56.9 Å². The third-order valence-electron chi connectivity index (χ3n) is 4.99. The van der Waals surface area contributed by atoms with E-state index in [1.165, 1.54) is 0 Å². The Morgan fingerprint density at radius 3 is 2.72 bits per heavy atom. The van der Waals surface area contributed by atoms with Gasteiger partial charge in [0.1, 0.15) is 11.4 Å². The molecule has 1 aliphatic rings. The van der Waals surface area contributed by atoms with Crippen LogP contribution in [0.4, 0.5) is 10.6 Å². The van der Waals surface area contributed by atoms with Gasteiger partial charge in [-0.15, -0.1) is 0 Å². The Labute approximate surface area is 192 Å². The normalized spacial score (nSPS) is 15.8. The zero-order valence-corrected chi connectivity index (χ0v) is 20.2. The highest BCUT2D eigenvalue weighted by Crippen LogP contribution is 2.18. The third-order valence-corrected chi connectivity index (χ3v) is 4.99. The molecule has 1 aliphatic heterocycles. The molecule has 9 nitrogen and oxygen atoms in total. The van der Waals surface area contributed by atoms with Gasteiger partial charge < -0.3 is 30.3 Å². The first-order valence-electron chi connectivity index (χ1n) is 11.5. The largest absolute Gasteiger partial charge is 0.444 e. The summed E-state index contributed by atoms with van der Waals surface area (Å²) in [5.41, 5.74) is 0.588. The average molecular weight is 449 g/mol. The van der Waals surface area contributed by atoms with Crippen LogP contribution >= 0.6 is 0 Å². The van der Waals surface area contributed by atoms with Crippen molar-refractivity contribution in [2.24, 2.45) is 4.99 Å². The molecular weight excluding hydrogens is 408 g/mol. The number of pyridine rings is 1. The number of ether oxygens (including phenoxy) is 2. The van der Waals surface area contributed by atoms with Gasteiger partial charge in [-0.25, -0.2) is 9.78 Å². The van der Waals surface area contributed by atoms with E-state index >= 15 is 0 Å². The van der Waals surface area contributed by atoms with Gasteiger partial charge in [0.25, 0.3) is 0 Å². The quantitative estimate of drug-likeness (QED) is 0.394. The molecule has 0 aliphatic carbocycles. The Morgan fingerprint density at radius 2 is 2.06 bits per heavy atom. The van der Waals surface area contributed by atoms with E-state index < -0.39 is 11.7 Å². The average Bonchev–Trinajstić information content (AvgIpc) is 2.77. The van der Waals surface area contributed by atoms with E-state index in [1.807, 2.05) is 33.0 Å². The van der Waals surface area contributed by atoms with Gasteiger partial charge in [0.2, 0.25) is 0 Å². The minimum absolute atomic E-state index is 0.0429. The predicted molar refractivity (Wildman–Crippen MR) is 128 cm³/mol. The second-order valence-electron chi connectivity index (χ2n) is 8.88. The number of hydrogen-bond acceptors (Lipinski definition) is 6. The maximum Gasteiger partial charge on any atom is 0.407 e. The summed E-state index contributed by atoms with van der Waals surface area (Å²) < 4.78 is 10.8. The van der Waals surface area contributed by atoms with Crippen LogP contribution in [0.25, 0.3) is 0 Å². The van der Waals surface area contributed by atoms with Gasteiger partial charge >= 0.3 is 6.09 Å². The molecule has 1 aromatic rings. The van der Waals surface area contributed by atoms with Gasteiger partial charge in [0, 0.05) is 51.0 Å². The maximum absolute atomic E-state index is 12.1. The van der Waals surface area contributed by atoms with Crippen LogP contribution in [0.1, 0.15) is 52.5 Å². The van der Waals surface area contributed by atoms with Crippen molar-refractivity contribution in [3.63, 3.8) is 0 Å². The highest BCUT2D eigenvalue weighted by molar-refractivity contribution is 5.80. The van der Waals surface area contributed by atoms with E-state index in [0.29, 0.717) is 19.0 Å². The van der Waals surface area contributed by atoms with E-state index in [2.05, 4.69) is 43.8 Å². The number of hydrogen-bond donors (Lipinski definition) is 3. The van der Waals surface area contributed by atoms with E-state index in [4.69, 9.17) is 9.47 Å². The molecule has 0 radical (unpaired) electrons. The number of morpholine rings is 1. The van der Waals surface area contributed by atoms with Crippen LogP contribution in [0.5, 0.6) is 0 Å². The smallest absolute Gasteiger partial charge is 0.407 e. The van der Waals surface area contributed by atoms with Crippen molar-refractivity contribution in [1.29, 1.82) is 0 Å². The molecule has 180 valence electrons. The van der Waals surface area contributed by atoms with Gasteiger partial charge in [-0.3, -0.25) is 4.99 Å². The molecule has 0 bridgehead atoms. The summed E-state index contributed by atoms with van der Waals surface area (Å²) in [6.45, 7) is 11.9. The fraction of sp³-hybridized carbons (Fsp3) is 0.696. The molecule has 1 saturated heterocycles. The van der Waals surface area contributed by atoms with E-state index in [1.54, 1.807) is 7.05 Å². The molecule has 2 rings (SSSR count). The Bertz CT molecular complexity index is 729. The molecule has 1 unspecified atom stereocenters. The van der Waals surface area contributed by atoms with E-state index in [-0.39, 0.29) is 6.04 Å². The van der Waals surface area contributed by atoms with Crippen molar-refractivity contribution in [2.75, 3.05) is 44.8 Å². The van der Waals surface area contributed by atoms with Crippen molar-refractivity contribution >= 4 is 17.9 Å². The van der Waals surface area contributed by atoms with E-state index in [9.17, 15) is 4.79 Å². The van der Waals surface area contributed by atoms with Crippen LogP contribution < -0.4 is 20.9 Å². The topological polar surface area (TPSA) is 100 Å². The fourth-order valence-electron chi connectivity index (χ4n) is 3.39. The molecule has 3 N–H and O–H groups in total.